The summed E-state index contributed by atoms with van der Waals surface area (Å²) in [5.74, 6) is 0.629. The van der Waals surface area contributed by atoms with Crippen molar-refractivity contribution in [2.75, 3.05) is 19.6 Å². The second-order valence-electron chi connectivity index (χ2n) is 3.86. The highest BCUT2D eigenvalue weighted by atomic mass is 14.9. The second-order valence-corrected chi connectivity index (χ2v) is 3.86. The number of rotatable bonds is 7. The van der Waals surface area contributed by atoms with E-state index in [1.807, 2.05) is 0 Å². The minimum Gasteiger partial charge on any atom is -0.330 e. The molecular weight excluding hydrogens is 184 g/mol. The van der Waals surface area contributed by atoms with E-state index in [-0.39, 0.29) is 0 Å². The molecule has 0 aliphatic rings. The van der Waals surface area contributed by atoms with E-state index in [1.54, 1.807) is 0 Å². The van der Waals surface area contributed by atoms with Crippen LogP contribution < -0.4 is 11.1 Å². The molecule has 2 heteroatoms. The smallest absolute Gasteiger partial charge is 0.00200 e. The predicted molar refractivity (Wildman–Crippen MR) is 66.0 cm³/mol. The fourth-order valence-electron chi connectivity index (χ4n) is 1.73. The van der Waals surface area contributed by atoms with Gasteiger partial charge in [0, 0.05) is 6.54 Å². The van der Waals surface area contributed by atoms with Gasteiger partial charge in [0.2, 0.25) is 0 Å². The fraction of sp³-hybridized carbons (Fsp3) is 0.538. The summed E-state index contributed by atoms with van der Waals surface area (Å²) in [5.41, 5.74) is 6.88. The molecule has 0 aromatic heterocycles. The summed E-state index contributed by atoms with van der Waals surface area (Å²) < 4.78 is 0. The first-order valence-electron chi connectivity index (χ1n) is 5.84. The molecule has 0 fully saturated rings. The zero-order chi connectivity index (χ0) is 10.9. The number of hydrogen-bond acceptors (Lipinski definition) is 2. The molecule has 2 nitrogen and oxygen atoms in total. The van der Waals surface area contributed by atoms with Crippen molar-refractivity contribution in [2.45, 2.75) is 25.7 Å². The van der Waals surface area contributed by atoms with Crippen molar-refractivity contribution in [2.24, 2.45) is 5.73 Å². The third kappa shape index (κ3) is 4.45. The predicted octanol–water partition coefficient (Wildman–Crippen LogP) is 2.12. The normalized spacial score (nSPS) is 12.7. The molecule has 0 saturated carbocycles. The summed E-state index contributed by atoms with van der Waals surface area (Å²) in [6, 6.07) is 10.7. The summed E-state index contributed by atoms with van der Waals surface area (Å²) in [5, 5.41) is 3.46. The molecule has 1 unspecified atom stereocenters. The van der Waals surface area contributed by atoms with Gasteiger partial charge in [-0.15, -0.1) is 0 Å². The first-order chi connectivity index (χ1) is 7.38. The van der Waals surface area contributed by atoms with Gasteiger partial charge >= 0.3 is 0 Å². The zero-order valence-electron chi connectivity index (χ0n) is 9.58. The summed E-state index contributed by atoms with van der Waals surface area (Å²) in [4.78, 5) is 0. The quantitative estimate of drug-likeness (QED) is 0.671. The molecule has 1 aromatic carbocycles. The van der Waals surface area contributed by atoms with Crippen molar-refractivity contribution in [1.29, 1.82) is 0 Å². The molecule has 84 valence electrons. The summed E-state index contributed by atoms with van der Waals surface area (Å²) in [7, 11) is 0. The van der Waals surface area contributed by atoms with Crippen LogP contribution in [0.3, 0.4) is 0 Å². The van der Waals surface area contributed by atoms with Gasteiger partial charge in [-0.2, -0.15) is 0 Å². The maximum atomic E-state index is 5.45. The van der Waals surface area contributed by atoms with E-state index >= 15 is 0 Å². The molecule has 1 atom stereocenters. The average Bonchev–Trinajstić information content (AvgIpc) is 2.30. The van der Waals surface area contributed by atoms with E-state index in [9.17, 15) is 0 Å². The lowest BCUT2D eigenvalue weighted by Gasteiger charge is -2.15. The van der Waals surface area contributed by atoms with Crippen LogP contribution in [0.2, 0.25) is 0 Å². The van der Waals surface area contributed by atoms with Gasteiger partial charge < -0.3 is 11.1 Å². The number of nitrogens with two attached hydrogens (primary N) is 1. The molecule has 1 aromatic rings. The molecule has 0 saturated heterocycles. The van der Waals surface area contributed by atoms with Crippen LogP contribution in [0.15, 0.2) is 30.3 Å². The Morgan fingerprint density at radius 3 is 2.60 bits per heavy atom. The average molecular weight is 206 g/mol. The number of nitrogens with one attached hydrogen (secondary N) is 1. The fourth-order valence-corrected chi connectivity index (χ4v) is 1.73. The van der Waals surface area contributed by atoms with Crippen molar-refractivity contribution in [1.82, 2.24) is 5.32 Å². The van der Waals surface area contributed by atoms with E-state index in [4.69, 9.17) is 5.73 Å². The van der Waals surface area contributed by atoms with Crippen molar-refractivity contribution >= 4 is 0 Å². The summed E-state index contributed by atoms with van der Waals surface area (Å²) in [6.07, 6.45) is 2.24. The van der Waals surface area contributed by atoms with Crippen LogP contribution in [-0.4, -0.2) is 19.6 Å². The Morgan fingerprint density at radius 2 is 2.00 bits per heavy atom. The Bertz CT molecular complexity index is 246. The van der Waals surface area contributed by atoms with Gasteiger partial charge in [-0.05, 0) is 37.4 Å². The summed E-state index contributed by atoms with van der Waals surface area (Å²) >= 11 is 0. The molecule has 0 aliphatic heterocycles. The van der Waals surface area contributed by atoms with Crippen molar-refractivity contribution in [3.05, 3.63) is 35.9 Å². The van der Waals surface area contributed by atoms with Crippen LogP contribution in [0.25, 0.3) is 0 Å². The summed E-state index contributed by atoms with van der Waals surface area (Å²) in [6.45, 7) is 5.09. The van der Waals surface area contributed by atoms with Crippen LogP contribution in [0.5, 0.6) is 0 Å². The third-order valence-electron chi connectivity index (χ3n) is 2.71. The first-order valence-corrected chi connectivity index (χ1v) is 5.84. The zero-order valence-corrected chi connectivity index (χ0v) is 9.58. The van der Waals surface area contributed by atoms with Crippen molar-refractivity contribution < 1.29 is 0 Å². The van der Waals surface area contributed by atoms with Crippen LogP contribution in [0.1, 0.15) is 31.2 Å². The Balaban J connectivity index is 2.36. The molecular formula is C13H22N2. The number of hydrogen-bond donors (Lipinski definition) is 2. The van der Waals surface area contributed by atoms with Gasteiger partial charge in [0.1, 0.15) is 0 Å². The Kier molecular flexibility index (Phi) is 6.05. The molecule has 3 N–H and O–H groups in total. The number of benzene rings is 1. The van der Waals surface area contributed by atoms with E-state index in [2.05, 4.69) is 42.6 Å². The highest BCUT2D eigenvalue weighted by molar-refractivity contribution is 5.19. The minimum absolute atomic E-state index is 0.629. The minimum atomic E-state index is 0.629. The van der Waals surface area contributed by atoms with Crippen LogP contribution in [0.4, 0.5) is 0 Å². The van der Waals surface area contributed by atoms with Gasteiger partial charge in [-0.3, -0.25) is 0 Å². The molecule has 0 aliphatic carbocycles. The lowest BCUT2D eigenvalue weighted by Crippen LogP contribution is -2.23. The highest BCUT2D eigenvalue weighted by Gasteiger charge is 2.07. The van der Waals surface area contributed by atoms with Crippen LogP contribution >= 0.6 is 0 Å². The van der Waals surface area contributed by atoms with Gasteiger partial charge in [0.05, 0.1) is 0 Å². The Labute approximate surface area is 92.9 Å². The lowest BCUT2D eigenvalue weighted by atomic mass is 9.96. The topological polar surface area (TPSA) is 38.0 Å². The van der Waals surface area contributed by atoms with Gasteiger partial charge in [-0.1, -0.05) is 37.3 Å². The molecule has 0 radical (unpaired) electrons. The van der Waals surface area contributed by atoms with Crippen LogP contribution in [-0.2, 0) is 0 Å². The van der Waals surface area contributed by atoms with E-state index in [0.717, 1.165) is 26.1 Å². The Hall–Kier alpha value is -0.860. The Morgan fingerprint density at radius 1 is 1.27 bits per heavy atom. The highest BCUT2D eigenvalue weighted by Crippen LogP contribution is 2.17. The van der Waals surface area contributed by atoms with Crippen molar-refractivity contribution in [3.8, 4) is 0 Å². The van der Waals surface area contributed by atoms with E-state index < -0.39 is 0 Å². The van der Waals surface area contributed by atoms with E-state index in [0.29, 0.717) is 5.92 Å². The van der Waals surface area contributed by atoms with Crippen molar-refractivity contribution in [3.63, 3.8) is 0 Å². The molecule has 0 bridgehead atoms. The van der Waals surface area contributed by atoms with Gasteiger partial charge in [0.25, 0.3) is 0 Å². The van der Waals surface area contributed by atoms with E-state index in [1.165, 1.54) is 12.0 Å². The van der Waals surface area contributed by atoms with Gasteiger partial charge in [0.15, 0.2) is 0 Å². The van der Waals surface area contributed by atoms with Crippen LogP contribution in [0, 0.1) is 0 Å². The molecule has 15 heavy (non-hydrogen) atoms. The second kappa shape index (κ2) is 7.43. The molecule has 1 rings (SSSR count). The van der Waals surface area contributed by atoms with Gasteiger partial charge in [-0.25, -0.2) is 0 Å². The molecule has 0 amide bonds. The molecule has 0 heterocycles. The first kappa shape index (κ1) is 12.2. The maximum Gasteiger partial charge on any atom is 0.00200 e. The lowest BCUT2D eigenvalue weighted by molar-refractivity contribution is 0.561. The maximum absolute atomic E-state index is 5.45. The molecule has 0 spiro atoms. The SMILES string of the molecule is CCC(CNCCCN)c1ccccc1. The standard InChI is InChI=1S/C13H22N2/c1-2-12(11-15-10-6-9-14)13-7-4-3-5-8-13/h3-5,7-8,12,15H,2,6,9-11,14H2,1H3. The third-order valence-corrected chi connectivity index (χ3v) is 2.71. The largest absolute Gasteiger partial charge is 0.330 e. The monoisotopic (exact) mass is 206 g/mol.